The highest BCUT2D eigenvalue weighted by atomic mass is 16.2. The molecule has 2 unspecified atom stereocenters. The normalized spacial score (nSPS) is 22.5. The Morgan fingerprint density at radius 3 is 2.63 bits per heavy atom. The number of carbonyl (C=O) groups is 2. The van der Waals surface area contributed by atoms with E-state index in [1.807, 2.05) is 11.8 Å². The van der Waals surface area contributed by atoms with Crippen molar-refractivity contribution in [2.24, 2.45) is 17.4 Å². The average molecular weight is 261 g/mol. The highest BCUT2D eigenvalue weighted by molar-refractivity contribution is 5.99. The van der Waals surface area contributed by atoms with Crippen LogP contribution >= 0.6 is 0 Å². The van der Waals surface area contributed by atoms with Crippen molar-refractivity contribution in [2.75, 3.05) is 13.1 Å². The van der Waals surface area contributed by atoms with Gasteiger partial charge in [-0.1, -0.05) is 6.07 Å². The smallest absolute Gasteiger partial charge is 0.254 e. The molecule has 5 nitrogen and oxygen atoms in total. The fourth-order valence-corrected chi connectivity index (χ4v) is 2.57. The fraction of sp³-hybridized carbons (Fsp3) is 0.429. The van der Waals surface area contributed by atoms with E-state index in [1.165, 1.54) is 0 Å². The Morgan fingerprint density at radius 1 is 1.37 bits per heavy atom. The maximum Gasteiger partial charge on any atom is 0.254 e. The molecule has 0 saturated carbocycles. The van der Waals surface area contributed by atoms with E-state index in [0.29, 0.717) is 30.1 Å². The number of benzene rings is 1. The third kappa shape index (κ3) is 2.76. The number of hydrogen-bond acceptors (Lipinski definition) is 3. The van der Waals surface area contributed by atoms with Gasteiger partial charge < -0.3 is 16.4 Å². The number of amides is 2. The van der Waals surface area contributed by atoms with Crippen LogP contribution in [0.5, 0.6) is 0 Å². The zero-order valence-corrected chi connectivity index (χ0v) is 11.0. The minimum Gasteiger partial charge on any atom is -0.366 e. The third-order valence-corrected chi connectivity index (χ3v) is 3.65. The van der Waals surface area contributed by atoms with Crippen molar-refractivity contribution in [1.29, 1.82) is 0 Å². The van der Waals surface area contributed by atoms with Gasteiger partial charge in [-0.25, -0.2) is 0 Å². The van der Waals surface area contributed by atoms with Crippen molar-refractivity contribution >= 4 is 11.8 Å². The Kier molecular flexibility index (Phi) is 3.85. The van der Waals surface area contributed by atoms with Crippen LogP contribution in [-0.2, 0) is 0 Å². The molecule has 1 heterocycles. The van der Waals surface area contributed by atoms with Gasteiger partial charge in [0, 0.05) is 23.7 Å². The molecule has 2 amide bonds. The van der Waals surface area contributed by atoms with Crippen molar-refractivity contribution < 1.29 is 9.59 Å². The van der Waals surface area contributed by atoms with Crippen LogP contribution in [0.1, 0.15) is 34.1 Å². The number of nitrogens with two attached hydrogens (primary N) is 2. The Hall–Kier alpha value is -1.88. The van der Waals surface area contributed by atoms with Crippen molar-refractivity contribution in [1.82, 2.24) is 4.90 Å². The first-order valence-electron chi connectivity index (χ1n) is 6.43. The Bertz CT molecular complexity index is 501. The maximum absolute atomic E-state index is 12.4. The SMILES string of the molecule is CC1CC(CN)CN1C(=O)c1cccc(C(N)=O)c1. The standard InChI is InChI=1S/C14H19N3O2/c1-9-5-10(7-15)8-17(9)14(19)12-4-2-3-11(6-12)13(16)18/h2-4,6,9-10H,5,7-8,15H2,1H3,(H2,16,18). The molecular formula is C14H19N3O2. The van der Waals surface area contributed by atoms with Crippen LogP contribution in [0.2, 0.25) is 0 Å². The van der Waals surface area contributed by atoms with Crippen LogP contribution < -0.4 is 11.5 Å². The van der Waals surface area contributed by atoms with Crippen LogP contribution in [0.25, 0.3) is 0 Å². The lowest BCUT2D eigenvalue weighted by molar-refractivity contribution is 0.0743. The second kappa shape index (κ2) is 5.40. The molecule has 0 spiro atoms. The van der Waals surface area contributed by atoms with E-state index in [4.69, 9.17) is 11.5 Å². The summed E-state index contributed by atoms with van der Waals surface area (Å²) in [6.45, 7) is 3.29. The second-order valence-electron chi connectivity index (χ2n) is 5.09. The lowest BCUT2D eigenvalue weighted by Crippen LogP contribution is -2.34. The summed E-state index contributed by atoms with van der Waals surface area (Å²) in [5.74, 6) is -0.228. The molecule has 1 aliphatic rings. The van der Waals surface area contributed by atoms with Crippen LogP contribution in [0, 0.1) is 5.92 Å². The number of hydrogen-bond donors (Lipinski definition) is 2. The summed E-state index contributed by atoms with van der Waals surface area (Å²) in [4.78, 5) is 25.4. The second-order valence-corrected chi connectivity index (χ2v) is 5.09. The van der Waals surface area contributed by atoms with E-state index in [2.05, 4.69) is 0 Å². The van der Waals surface area contributed by atoms with Crippen molar-refractivity contribution in [3.63, 3.8) is 0 Å². The summed E-state index contributed by atoms with van der Waals surface area (Å²) < 4.78 is 0. The van der Waals surface area contributed by atoms with Crippen molar-refractivity contribution in [2.45, 2.75) is 19.4 Å². The number of primary amides is 1. The molecule has 102 valence electrons. The average Bonchev–Trinajstić information content (AvgIpc) is 2.79. The van der Waals surface area contributed by atoms with Crippen LogP contribution in [0.15, 0.2) is 24.3 Å². The van der Waals surface area contributed by atoms with E-state index < -0.39 is 5.91 Å². The molecule has 1 aliphatic heterocycles. The Morgan fingerprint density at radius 2 is 2.05 bits per heavy atom. The number of likely N-dealkylation sites (tertiary alicyclic amines) is 1. The van der Waals surface area contributed by atoms with E-state index in [0.717, 1.165) is 6.42 Å². The third-order valence-electron chi connectivity index (χ3n) is 3.65. The van der Waals surface area contributed by atoms with Gasteiger partial charge in [0.2, 0.25) is 5.91 Å². The lowest BCUT2D eigenvalue weighted by atomic mass is 10.1. The van der Waals surface area contributed by atoms with E-state index in [-0.39, 0.29) is 11.9 Å². The first-order chi connectivity index (χ1) is 9.02. The van der Waals surface area contributed by atoms with Gasteiger partial charge >= 0.3 is 0 Å². The lowest BCUT2D eigenvalue weighted by Gasteiger charge is -2.21. The summed E-state index contributed by atoms with van der Waals surface area (Å²) in [5, 5.41) is 0. The predicted octanol–water partition coefficient (Wildman–Crippen LogP) is 0.595. The van der Waals surface area contributed by atoms with Gasteiger partial charge in [0.25, 0.3) is 5.91 Å². The number of nitrogens with zero attached hydrogens (tertiary/aromatic N) is 1. The topological polar surface area (TPSA) is 89.4 Å². The minimum absolute atomic E-state index is 0.0634. The zero-order chi connectivity index (χ0) is 14.0. The molecule has 1 aromatic rings. The van der Waals surface area contributed by atoms with Crippen LogP contribution in [0.3, 0.4) is 0 Å². The zero-order valence-electron chi connectivity index (χ0n) is 11.0. The van der Waals surface area contributed by atoms with Crippen molar-refractivity contribution in [3.05, 3.63) is 35.4 Å². The molecule has 19 heavy (non-hydrogen) atoms. The number of carbonyl (C=O) groups excluding carboxylic acids is 2. The first kappa shape index (κ1) is 13.5. The molecule has 1 fully saturated rings. The highest BCUT2D eigenvalue weighted by Gasteiger charge is 2.32. The summed E-state index contributed by atoms with van der Waals surface area (Å²) in [5.41, 5.74) is 11.7. The van der Waals surface area contributed by atoms with E-state index >= 15 is 0 Å². The minimum atomic E-state index is -0.524. The van der Waals surface area contributed by atoms with Gasteiger partial charge in [0.05, 0.1) is 0 Å². The predicted molar refractivity (Wildman–Crippen MR) is 72.6 cm³/mol. The molecule has 0 bridgehead atoms. The molecule has 4 N–H and O–H groups in total. The van der Waals surface area contributed by atoms with Gasteiger partial charge in [-0.15, -0.1) is 0 Å². The molecule has 1 saturated heterocycles. The Balaban J connectivity index is 2.20. The van der Waals surface area contributed by atoms with E-state index in [1.54, 1.807) is 24.3 Å². The van der Waals surface area contributed by atoms with E-state index in [9.17, 15) is 9.59 Å². The van der Waals surface area contributed by atoms with Gasteiger partial charge in [-0.3, -0.25) is 9.59 Å². The summed E-state index contributed by atoms with van der Waals surface area (Å²) >= 11 is 0. The van der Waals surface area contributed by atoms with Gasteiger partial charge in [-0.05, 0) is 44.0 Å². The van der Waals surface area contributed by atoms with Gasteiger partial charge in [0.15, 0.2) is 0 Å². The monoisotopic (exact) mass is 261 g/mol. The summed E-state index contributed by atoms with van der Waals surface area (Å²) in [7, 11) is 0. The molecule has 2 rings (SSSR count). The molecule has 0 aromatic heterocycles. The summed E-state index contributed by atoms with van der Waals surface area (Å²) in [6, 6.07) is 6.71. The quantitative estimate of drug-likeness (QED) is 0.834. The maximum atomic E-state index is 12.4. The van der Waals surface area contributed by atoms with Crippen LogP contribution in [-0.4, -0.2) is 35.8 Å². The number of rotatable bonds is 3. The molecular weight excluding hydrogens is 242 g/mol. The largest absolute Gasteiger partial charge is 0.366 e. The molecule has 0 aliphatic carbocycles. The van der Waals surface area contributed by atoms with Crippen LogP contribution in [0.4, 0.5) is 0 Å². The Labute approximate surface area is 112 Å². The van der Waals surface area contributed by atoms with Crippen molar-refractivity contribution in [3.8, 4) is 0 Å². The highest BCUT2D eigenvalue weighted by Crippen LogP contribution is 2.24. The fourth-order valence-electron chi connectivity index (χ4n) is 2.57. The molecule has 0 radical (unpaired) electrons. The van der Waals surface area contributed by atoms with Gasteiger partial charge in [0.1, 0.15) is 0 Å². The van der Waals surface area contributed by atoms with Gasteiger partial charge in [-0.2, -0.15) is 0 Å². The summed E-state index contributed by atoms with van der Waals surface area (Å²) in [6.07, 6.45) is 0.928. The first-order valence-corrected chi connectivity index (χ1v) is 6.43. The molecule has 5 heteroatoms. The molecule has 2 atom stereocenters. The molecule has 1 aromatic carbocycles.